The van der Waals surface area contributed by atoms with Crippen molar-refractivity contribution in [2.45, 2.75) is 32.0 Å². The molecule has 2 aromatic heterocycles. The van der Waals surface area contributed by atoms with Gasteiger partial charge in [0.25, 0.3) is 0 Å². The van der Waals surface area contributed by atoms with Crippen LogP contribution in [-0.4, -0.2) is 27.4 Å². The van der Waals surface area contributed by atoms with E-state index in [-0.39, 0.29) is 6.10 Å². The highest BCUT2D eigenvalue weighted by molar-refractivity contribution is 5.62. The summed E-state index contributed by atoms with van der Waals surface area (Å²) < 4.78 is 7.87. The van der Waals surface area contributed by atoms with Crippen molar-refractivity contribution in [3.63, 3.8) is 0 Å². The first-order chi connectivity index (χ1) is 12.7. The molecule has 4 rings (SSSR count). The zero-order valence-corrected chi connectivity index (χ0v) is 15.2. The summed E-state index contributed by atoms with van der Waals surface area (Å²) in [5, 5.41) is 8.14. The number of ether oxygens (including phenoxy) is 1. The Bertz CT molecular complexity index is 875. The molecule has 1 saturated heterocycles. The third kappa shape index (κ3) is 3.54. The smallest absolute Gasteiger partial charge is 0.101 e. The second-order valence-corrected chi connectivity index (χ2v) is 6.85. The molecule has 5 heteroatoms. The summed E-state index contributed by atoms with van der Waals surface area (Å²) in [7, 11) is 1.96. The average molecular weight is 348 g/mol. The standard InChI is InChI=1S/C21H24N4O/c1-15-19(14-25(2)24-15)21-20(8-10-26-21)23-12-16-5-3-6-17(11-16)18-7-4-9-22-13-18/h3-7,9,11,13-14,20-21,23H,8,10,12H2,1-2H3/t20-,21+/m0/s1. The maximum Gasteiger partial charge on any atom is 0.101 e. The Balaban J connectivity index is 1.46. The molecule has 1 aliphatic rings. The van der Waals surface area contributed by atoms with E-state index in [4.69, 9.17) is 4.74 Å². The zero-order valence-electron chi connectivity index (χ0n) is 15.2. The first kappa shape index (κ1) is 16.9. The van der Waals surface area contributed by atoms with Crippen LogP contribution in [0.5, 0.6) is 0 Å². The van der Waals surface area contributed by atoms with Crippen LogP contribution in [0, 0.1) is 6.92 Å². The van der Waals surface area contributed by atoms with Crippen LogP contribution in [0.3, 0.4) is 0 Å². The van der Waals surface area contributed by atoms with Gasteiger partial charge in [0.15, 0.2) is 0 Å². The fourth-order valence-corrected chi connectivity index (χ4v) is 3.65. The van der Waals surface area contributed by atoms with Gasteiger partial charge in [-0.1, -0.05) is 24.3 Å². The van der Waals surface area contributed by atoms with E-state index in [1.54, 1.807) is 6.20 Å². The molecular formula is C21H24N4O. The van der Waals surface area contributed by atoms with Gasteiger partial charge in [-0.05, 0) is 42.2 Å². The summed E-state index contributed by atoms with van der Waals surface area (Å²) in [5.74, 6) is 0. The Labute approximate surface area is 154 Å². The Kier molecular flexibility index (Phi) is 4.82. The van der Waals surface area contributed by atoms with Crippen molar-refractivity contribution in [3.05, 3.63) is 71.8 Å². The molecule has 0 radical (unpaired) electrons. The highest BCUT2D eigenvalue weighted by atomic mass is 16.5. The number of hydrogen-bond acceptors (Lipinski definition) is 4. The molecular weight excluding hydrogens is 324 g/mol. The van der Waals surface area contributed by atoms with Gasteiger partial charge < -0.3 is 10.1 Å². The van der Waals surface area contributed by atoms with Crippen LogP contribution >= 0.6 is 0 Å². The molecule has 2 atom stereocenters. The van der Waals surface area contributed by atoms with Crippen molar-refractivity contribution < 1.29 is 4.74 Å². The van der Waals surface area contributed by atoms with Crippen LogP contribution < -0.4 is 5.32 Å². The second-order valence-electron chi connectivity index (χ2n) is 6.85. The molecule has 1 aromatic carbocycles. The first-order valence-electron chi connectivity index (χ1n) is 9.05. The lowest BCUT2D eigenvalue weighted by molar-refractivity contribution is 0.0979. The SMILES string of the molecule is Cc1nn(C)cc1[C@H]1OCC[C@@H]1NCc1cccc(-c2cccnc2)c1. The van der Waals surface area contributed by atoms with Gasteiger partial charge in [-0.2, -0.15) is 5.10 Å². The van der Waals surface area contributed by atoms with Crippen LogP contribution in [0.15, 0.2) is 55.0 Å². The number of aryl methyl sites for hydroxylation is 2. The number of aromatic nitrogens is 3. The van der Waals surface area contributed by atoms with E-state index < -0.39 is 0 Å². The molecule has 3 heterocycles. The van der Waals surface area contributed by atoms with Gasteiger partial charge in [-0.15, -0.1) is 0 Å². The quantitative estimate of drug-likeness (QED) is 0.768. The van der Waals surface area contributed by atoms with Gasteiger partial charge in [0.1, 0.15) is 6.10 Å². The third-order valence-electron chi connectivity index (χ3n) is 4.94. The lowest BCUT2D eigenvalue weighted by Gasteiger charge is -2.20. The average Bonchev–Trinajstić information content (AvgIpc) is 3.26. The monoisotopic (exact) mass is 348 g/mol. The molecule has 0 saturated carbocycles. The van der Waals surface area contributed by atoms with E-state index in [0.29, 0.717) is 6.04 Å². The van der Waals surface area contributed by atoms with Crippen molar-refractivity contribution in [2.24, 2.45) is 7.05 Å². The van der Waals surface area contributed by atoms with Crippen molar-refractivity contribution in [1.29, 1.82) is 0 Å². The molecule has 1 aliphatic heterocycles. The van der Waals surface area contributed by atoms with Crippen molar-refractivity contribution in [3.8, 4) is 11.1 Å². The summed E-state index contributed by atoms with van der Waals surface area (Å²) in [5.41, 5.74) is 5.83. The molecule has 1 N–H and O–H groups in total. The van der Waals surface area contributed by atoms with Crippen LogP contribution in [0.2, 0.25) is 0 Å². The van der Waals surface area contributed by atoms with Crippen molar-refractivity contribution >= 4 is 0 Å². The fourth-order valence-electron chi connectivity index (χ4n) is 3.65. The molecule has 134 valence electrons. The largest absolute Gasteiger partial charge is 0.372 e. The molecule has 1 fully saturated rings. The Morgan fingerprint density at radius 1 is 1.23 bits per heavy atom. The predicted molar refractivity (Wildman–Crippen MR) is 102 cm³/mol. The van der Waals surface area contributed by atoms with Crippen LogP contribution in [0.4, 0.5) is 0 Å². The summed E-state index contributed by atoms with van der Waals surface area (Å²) in [6.07, 6.45) is 6.86. The number of hydrogen-bond donors (Lipinski definition) is 1. The van der Waals surface area contributed by atoms with E-state index in [1.165, 1.54) is 16.7 Å². The second kappa shape index (κ2) is 7.40. The number of pyridine rings is 1. The molecule has 0 unspecified atom stereocenters. The molecule has 26 heavy (non-hydrogen) atoms. The minimum Gasteiger partial charge on any atom is -0.372 e. The highest BCUT2D eigenvalue weighted by Crippen LogP contribution is 2.31. The Hall–Kier alpha value is -2.50. The lowest BCUT2D eigenvalue weighted by atomic mass is 10.0. The van der Waals surface area contributed by atoms with Crippen molar-refractivity contribution in [2.75, 3.05) is 6.61 Å². The van der Waals surface area contributed by atoms with Crippen LogP contribution in [0.1, 0.15) is 29.3 Å². The minimum atomic E-state index is 0.0743. The highest BCUT2D eigenvalue weighted by Gasteiger charge is 2.31. The maximum absolute atomic E-state index is 6.00. The van der Waals surface area contributed by atoms with Gasteiger partial charge >= 0.3 is 0 Å². The first-order valence-corrected chi connectivity index (χ1v) is 9.05. The van der Waals surface area contributed by atoms with E-state index >= 15 is 0 Å². The lowest BCUT2D eigenvalue weighted by Crippen LogP contribution is -2.31. The Morgan fingerprint density at radius 3 is 2.88 bits per heavy atom. The predicted octanol–water partition coefficient (Wildman–Crippen LogP) is 3.41. The maximum atomic E-state index is 6.00. The molecule has 0 amide bonds. The van der Waals surface area contributed by atoms with Gasteiger partial charge in [0, 0.05) is 50.4 Å². The van der Waals surface area contributed by atoms with Crippen molar-refractivity contribution in [1.82, 2.24) is 20.1 Å². The van der Waals surface area contributed by atoms with E-state index in [0.717, 1.165) is 30.8 Å². The van der Waals surface area contributed by atoms with E-state index in [2.05, 4.69) is 51.9 Å². The molecule has 0 spiro atoms. The molecule has 3 aromatic rings. The van der Waals surface area contributed by atoms with Crippen LogP contribution in [0.25, 0.3) is 11.1 Å². The zero-order chi connectivity index (χ0) is 17.9. The van der Waals surface area contributed by atoms with Gasteiger partial charge in [0.2, 0.25) is 0 Å². The number of nitrogens with zero attached hydrogens (tertiary/aromatic N) is 3. The van der Waals surface area contributed by atoms with Crippen LogP contribution in [-0.2, 0) is 18.3 Å². The summed E-state index contributed by atoms with van der Waals surface area (Å²) in [6, 6.07) is 13.0. The van der Waals surface area contributed by atoms with E-state index in [1.807, 2.05) is 30.9 Å². The number of nitrogens with one attached hydrogen (secondary N) is 1. The Morgan fingerprint density at radius 2 is 2.12 bits per heavy atom. The van der Waals surface area contributed by atoms with Gasteiger partial charge in [-0.25, -0.2) is 0 Å². The fraction of sp³-hybridized carbons (Fsp3) is 0.333. The summed E-state index contributed by atoms with van der Waals surface area (Å²) >= 11 is 0. The van der Waals surface area contributed by atoms with Gasteiger partial charge in [0.05, 0.1) is 5.69 Å². The molecule has 0 aliphatic carbocycles. The third-order valence-corrected chi connectivity index (χ3v) is 4.94. The number of rotatable bonds is 5. The van der Waals surface area contributed by atoms with E-state index in [9.17, 15) is 0 Å². The number of benzene rings is 1. The summed E-state index contributed by atoms with van der Waals surface area (Å²) in [4.78, 5) is 4.21. The molecule has 5 nitrogen and oxygen atoms in total. The van der Waals surface area contributed by atoms with Gasteiger partial charge in [-0.3, -0.25) is 9.67 Å². The molecule has 0 bridgehead atoms. The topological polar surface area (TPSA) is 52.0 Å². The minimum absolute atomic E-state index is 0.0743. The normalized spacial score (nSPS) is 19.8. The summed E-state index contributed by atoms with van der Waals surface area (Å²) in [6.45, 7) is 3.65.